The van der Waals surface area contributed by atoms with Crippen LogP contribution in [0.1, 0.15) is 27.5 Å². The third kappa shape index (κ3) is 6.58. The highest BCUT2D eigenvalue weighted by atomic mass is 32.2. The van der Waals surface area contributed by atoms with Crippen LogP contribution >= 0.6 is 0 Å². The van der Waals surface area contributed by atoms with Crippen LogP contribution in [0.5, 0.6) is 11.5 Å². The molecular formula is C24H25B2N5O11S. The summed E-state index contributed by atoms with van der Waals surface area (Å²) in [5.74, 6) is -6.54. The minimum absolute atomic E-state index is 0.0146. The topological polar surface area (TPSA) is 246 Å². The SMILES string of the molecule is [B]CCN1CCN(C(=O)N[C@@H](C(=O)N[C@H]2Cc3cccc(C(=O)O)c3OB2O)c2ccc(S(N)(=O)=O)c(O)c2)C(=O)C1=O. The van der Waals surface area contributed by atoms with Gasteiger partial charge in [0.25, 0.3) is 0 Å². The van der Waals surface area contributed by atoms with Gasteiger partial charge in [-0.25, -0.2) is 23.1 Å². The van der Waals surface area contributed by atoms with Crippen LogP contribution in [0.2, 0.25) is 6.32 Å². The number of fused-ring (bicyclic) bond motifs is 1. The predicted molar refractivity (Wildman–Crippen MR) is 147 cm³/mol. The molecule has 7 N–H and O–H groups in total. The van der Waals surface area contributed by atoms with E-state index in [0.717, 1.165) is 18.2 Å². The van der Waals surface area contributed by atoms with Crippen molar-refractivity contribution in [3.63, 3.8) is 0 Å². The summed E-state index contributed by atoms with van der Waals surface area (Å²) in [5, 5.41) is 40.1. The van der Waals surface area contributed by atoms with Crippen LogP contribution in [0.3, 0.4) is 0 Å². The third-order valence-corrected chi connectivity index (χ3v) is 7.74. The van der Waals surface area contributed by atoms with Gasteiger partial charge in [-0.3, -0.25) is 19.3 Å². The maximum Gasteiger partial charge on any atom is 0.547 e. The maximum atomic E-state index is 13.5. The van der Waals surface area contributed by atoms with E-state index in [1.54, 1.807) is 0 Å². The van der Waals surface area contributed by atoms with Crippen LogP contribution in [0.4, 0.5) is 4.79 Å². The van der Waals surface area contributed by atoms with Gasteiger partial charge in [0, 0.05) is 19.6 Å². The Balaban J connectivity index is 1.62. The zero-order chi connectivity index (χ0) is 31.6. The molecule has 4 rings (SSSR count). The van der Waals surface area contributed by atoms with Gasteiger partial charge in [-0.2, -0.15) is 0 Å². The molecule has 1 fully saturated rings. The number of sulfonamides is 1. The van der Waals surface area contributed by atoms with Crippen LogP contribution in [0.25, 0.3) is 0 Å². The fourth-order valence-corrected chi connectivity index (χ4v) is 5.28. The zero-order valence-corrected chi connectivity index (χ0v) is 23.1. The van der Waals surface area contributed by atoms with Crippen LogP contribution in [-0.4, -0.2) is 104 Å². The molecule has 0 unspecified atom stereocenters. The predicted octanol–water partition coefficient (Wildman–Crippen LogP) is -2.11. The monoisotopic (exact) mass is 613 g/mol. The molecule has 0 spiro atoms. The number of carboxylic acid groups (broad SMARTS) is 1. The number of rotatable bonds is 8. The van der Waals surface area contributed by atoms with Gasteiger partial charge in [0.05, 0.1) is 19.4 Å². The molecule has 5 amide bonds. The quantitative estimate of drug-likeness (QED) is 0.139. The number of nitrogens with one attached hydrogen (secondary N) is 2. The number of carboxylic acids is 1. The number of nitrogens with two attached hydrogens (primary N) is 1. The second-order valence-corrected chi connectivity index (χ2v) is 11.1. The van der Waals surface area contributed by atoms with Crippen molar-refractivity contribution in [2.24, 2.45) is 5.14 Å². The molecule has 2 aromatic carbocycles. The van der Waals surface area contributed by atoms with E-state index in [0.29, 0.717) is 10.5 Å². The number of piperazine rings is 1. The molecule has 2 heterocycles. The lowest BCUT2D eigenvalue weighted by Gasteiger charge is -2.34. The molecule has 2 atom stereocenters. The lowest BCUT2D eigenvalue weighted by molar-refractivity contribution is -0.153. The summed E-state index contributed by atoms with van der Waals surface area (Å²) in [7, 11) is -0.635. The number of primary sulfonamides is 1. The van der Waals surface area contributed by atoms with Crippen molar-refractivity contribution in [2.75, 3.05) is 19.6 Å². The first-order valence-corrected chi connectivity index (χ1v) is 14.2. The Hall–Kier alpha value is -4.61. The van der Waals surface area contributed by atoms with Gasteiger partial charge in [-0.05, 0) is 35.7 Å². The minimum atomic E-state index is -4.36. The average Bonchev–Trinajstić information content (AvgIpc) is 2.93. The number of nitrogens with zero attached hydrogens (tertiary/aromatic N) is 2. The van der Waals surface area contributed by atoms with Crippen molar-refractivity contribution in [3.8, 4) is 11.5 Å². The number of amides is 5. The van der Waals surface area contributed by atoms with Crippen LogP contribution in [-0.2, 0) is 30.8 Å². The van der Waals surface area contributed by atoms with Crippen molar-refractivity contribution in [2.45, 2.75) is 29.6 Å². The normalized spacial score (nSPS) is 17.5. The van der Waals surface area contributed by atoms with E-state index in [-0.39, 0.29) is 49.3 Å². The fourth-order valence-electron chi connectivity index (χ4n) is 4.68. The highest BCUT2D eigenvalue weighted by Crippen LogP contribution is 2.31. The Morgan fingerprint density at radius 1 is 1.16 bits per heavy atom. The number of hydrogen-bond acceptors (Lipinski definition) is 10. The molecule has 1 saturated heterocycles. The summed E-state index contributed by atoms with van der Waals surface area (Å²) in [6.45, 7) is -0.152. The number of carbonyl (C=O) groups is 5. The van der Waals surface area contributed by atoms with Crippen LogP contribution in [0, 0.1) is 0 Å². The minimum Gasteiger partial charge on any atom is -0.534 e. The van der Waals surface area contributed by atoms with Crippen LogP contribution in [0.15, 0.2) is 41.3 Å². The Kier molecular flexibility index (Phi) is 8.98. The molecule has 2 radical (unpaired) electrons. The Labute approximate surface area is 246 Å². The number of phenols is 1. The van der Waals surface area contributed by atoms with Gasteiger partial charge >= 0.3 is 30.9 Å². The Morgan fingerprint density at radius 3 is 2.51 bits per heavy atom. The molecule has 0 saturated carbocycles. The number of benzene rings is 2. The number of hydrogen-bond donors (Lipinski definition) is 6. The number of phenolic OH excluding ortho intramolecular Hbond substituents is 1. The number of carbonyl (C=O) groups excluding carboxylic acids is 4. The first kappa shape index (κ1) is 31.3. The highest BCUT2D eigenvalue weighted by Gasteiger charge is 2.41. The van der Waals surface area contributed by atoms with Gasteiger partial charge in [-0.15, -0.1) is 0 Å². The summed E-state index contributed by atoms with van der Waals surface area (Å²) in [4.78, 5) is 64.3. The second kappa shape index (κ2) is 12.3. The second-order valence-electron chi connectivity index (χ2n) is 9.62. The van der Waals surface area contributed by atoms with Crippen LogP contribution < -0.4 is 20.4 Å². The van der Waals surface area contributed by atoms with E-state index in [9.17, 15) is 47.6 Å². The molecule has 224 valence electrons. The summed E-state index contributed by atoms with van der Waals surface area (Å²) in [6, 6.07) is 4.23. The molecular weight excluding hydrogens is 588 g/mol. The smallest absolute Gasteiger partial charge is 0.534 e. The third-order valence-electron chi connectivity index (χ3n) is 6.78. The van der Waals surface area contributed by atoms with Crippen molar-refractivity contribution < 1.29 is 52.3 Å². The first-order chi connectivity index (χ1) is 20.2. The molecule has 0 bridgehead atoms. The molecule has 2 aromatic rings. The van der Waals surface area contributed by atoms with E-state index in [1.807, 2.05) is 0 Å². The molecule has 19 heteroatoms. The lowest BCUT2D eigenvalue weighted by Crippen LogP contribution is -2.60. The molecule has 43 heavy (non-hydrogen) atoms. The standard InChI is InChI=1S/C24H25B2N5O11S/c25-6-7-30-8-9-31(22(35)21(30)34)24(38)29-18(12-4-5-16(15(32)10-12)43(27,40)41)20(33)28-17-11-13-2-1-3-14(23(36)37)19(13)42-26(17)39/h1-5,10,17-18,32,39H,6-9,11H2,(H,28,33)(H,29,38)(H,36,37)(H2,27,40,41)/t17-,18+/m0/s1. The van der Waals surface area contributed by atoms with Gasteiger partial charge in [0.1, 0.15) is 22.4 Å². The maximum absolute atomic E-state index is 13.5. The summed E-state index contributed by atoms with van der Waals surface area (Å²) >= 11 is 0. The van der Waals surface area contributed by atoms with Gasteiger partial charge in [-0.1, -0.05) is 24.5 Å². The molecule has 0 aromatic heterocycles. The van der Waals surface area contributed by atoms with E-state index >= 15 is 0 Å². The fraction of sp³-hybridized carbons (Fsp3) is 0.292. The van der Waals surface area contributed by atoms with E-state index in [1.165, 1.54) is 23.1 Å². The number of aromatic hydroxyl groups is 1. The first-order valence-electron chi connectivity index (χ1n) is 12.7. The zero-order valence-electron chi connectivity index (χ0n) is 22.3. The van der Waals surface area contributed by atoms with Crippen molar-refractivity contribution in [3.05, 3.63) is 53.1 Å². The molecule has 0 aliphatic carbocycles. The number of para-hydroxylation sites is 1. The molecule has 2 aliphatic rings. The van der Waals surface area contributed by atoms with Gasteiger partial charge in [0.15, 0.2) is 0 Å². The average molecular weight is 613 g/mol. The number of urea groups is 1. The van der Waals surface area contributed by atoms with Gasteiger partial charge in [0.2, 0.25) is 15.9 Å². The van der Waals surface area contributed by atoms with Crippen molar-refractivity contribution in [1.82, 2.24) is 20.4 Å². The van der Waals surface area contributed by atoms with Crippen molar-refractivity contribution in [1.29, 1.82) is 0 Å². The van der Waals surface area contributed by atoms with E-state index in [4.69, 9.17) is 17.6 Å². The largest absolute Gasteiger partial charge is 0.547 e. The Morgan fingerprint density at radius 2 is 1.88 bits per heavy atom. The van der Waals surface area contributed by atoms with E-state index < -0.39 is 69.5 Å². The number of aromatic carboxylic acids is 1. The Bertz CT molecular complexity index is 1610. The highest BCUT2D eigenvalue weighted by molar-refractivity contribution is 7.89. The summed E-state index contributed by atoms with van der Waals surface area (Å²) in [5.41, 5.74) is -0.00979. The summed E-state index contributed by atoms with van der Waals surface area (Å²) in [6.07, 6.45) is 0.0000188. The van der Waals surface area contributed by atoms with E-state index in [2.05, 4.69) is 10.6 Å². The lowest BCUT2D eigenvalue weighted by atomic mass is 9.72. The van der Waals surface area contributed by atoms with Crippen molar-refractivity contribution >= 4 is 54.7 Å². The molecule has 2 aliphatic heterocycles. The molecule has 16 nitrogen and oxygen atoms in total. The van der Waals surface area contributed by atoms with Gasteiger partial charge < -0.3 is 35.4 Å². The summed E-state index contributed by atoms with van der Waals surface area (Å²) < 4.78 is 28.9. The number of imide groups is 1.